The van der Waals surface area contributed by atoms with Gasteiger partial charge in [0.15, 0.2) is 0 Å². The van der Waals surface area contributed by atoms with E-state index in [2.05, 4.69) is 0 Å². The molecule has 1 aliphatic rings. The molecule has 0 spiro atoms. The highest BCUT2D eigenvalue weighted by atomic mass is 35.5. The van der Waals surface area contributed by atoms with Crippen molar-refractivity contribution in [3.8, 4) is 0 Å². The van der Waals surface area contributed by atoms with Gasteiger partial charge in [-0.2, -0.15) is 0 Å². The van der Waals surface area contributed by atoms with Crippen LogP contribution in [0.3, 0.4) is 0 Å². The Labute approximate surface area is 124 Å². The van der Waals surface area contributed by atoms with E-state index in [9.17, 15) is 9.59 Å². The summed E-state index contributed by atoms with van der Waals surface area (Å²) in [5.41, 5.74) is 0. The van der Waals surface area contributed by atoms with Crippen LogP contribution in [0.5, 0.6) is 0 Å². The highest BCUT2D eigenvalue weighted by Crippen LogP contribution is 2.03. The van der Waals surface area contributed by atoms with Crippen LogP contribution in [-0.2, 0) is 19.1 Å². The normalized spacial score (nSPS) is 14.6. The number of halogens is 1. The number of hydrogen-bond acceptors (Lipinski definition) is 4. The molecular weight excluding hydrogens is 282 g/mol. The number of nitrogens with zero attached hydrogens (tertiary/aromatic N) is 1. The van der Waals surface area contributed by atoms with Gasteiger partial charge in [-0.25, -0.2) is 0 Å². The van der Waals surface area contributed by atoms with Crippen molar-refractivity contribution in [2.24, 2.45) is 0 Å². The summed E-state index contributed by atoms with van der Waals surface area (Å²) >= 11 is 5.58. The maximum Gasteiger partial charge on any atom is 0.253 e. The molecule has 20 heavy (non-hydrogen) atoms. The zero-order valence-corrected chi connectivity index (χ0v) is 12.4. The zero-order chi connectivity index (χ0) is 14.6. The van der Waals surface area contributed by atoms with Crippen LogP contribution in [0.1, 0.15) is 25.7 Å². The number of alkyl halides is 1. The predicted molar refractivity (Wildman–Crippen MR) is 76.7 cm³/mol. The van der Waals surface area contributed by atoms with E-state index in [-0.39, 0.29) is 11.8 Å². The van der Waals surface area contributed by atoms with Gasteiger partial charge < -0.3 is 9.47 Å². The number of carbonyl (C=O) groups excluding carboxylic acids is 2. The number of rotatable bonds is 12. The molecule has 0 radical (unpaired) electrons. The third-order valence-electron chi connectivity index (χ3n) is 2.90. The maximum absolute atomic E-state index is 11.2. The summed E-state index contributed by atoms with van der Waals surface area (Å²) in [4.78, 5) is 23.6. The Hall–Kier alpha value is -0.910. The van der Waals surface area contributed by atoms with E-state index in [1.807, 2.05) is 0 Å². The van der Waals surface area contributed by atoms with Crippen molar-refractivity contribution in [1.29, 1.82) is 0 Å². The Morgan fingerprint density at radius 1 is 0.850 bits per heavy atom. The number of unbranched alkanes of at least 4 members (excludes halogenated alkanes) is 3. The molecule has 6 heteroatoms. The predicted octanol–water partition coefficient (Wildman–Crippen LogP) is 1.74. The second-order valence-electron chi connectivity index (χ2n) is 4.49. The Kier molecular flexibility index (Phi) is 9.28. The summed E-state index contributed by atoms with van der Waals surface area (Å²) in [6, 6.07) is 0. The minimum Gasteiger partial charge on any atom is -0.379 e. The second-order valence-corrected chi connectivity index (χ2v) is 4.87. The smallest absolute Gasteiger partial charge is 0.253 e. The quantitative estimate of drug-likeness (QED) is 0.313. The fourth-order valence-electron chi connectivity index (χ4n) is 1.78. The Morgan fingerprint density at radius 3 is 2.10 bits per heavy atom. The lowest BCUT2D eigenvalue weighted by atomic mass is 10.2. The Morgan fingerprint density at radius 2 is 1.45 bits per heavy atom. The van der Waals surface area contributed by atoms with Gasteiger partial charge in [0.1, 0.15) is 0 Å². The van der Waals surface area contributed by atoms with Crippen LogP contribution in [-0.4, -0.2) is 55.6 Å². The third-order valence-corrected chi connectivity index (χ3v) is 3.17. The first kappa shape index (κ1) is 17.1. The molecule has 0 fully saturated rings. The molecule has 0 atom stereocenters. The SMILES string of the molecule is O=C1C=CC(=O)N1CCOCCOCCCCCCCl. The van der Waals surface area contributed by atoms with Gasteiger partial charge in [-0.05, 0) is 12.8 Å². The fourth-order valence-corrected chi connectivity index (χ4v) is 1.97. The number of imide groups is 1. The second kappa shape index (κ2) is 10.8. The van der Waals surface area contributed by atoms with Crippen molar-refractivity contribution in [3.63, 3.8) is 0 Å². The molecule has 0 unspecified atom stereocenters. The van der Waals surface area contributed by atoms with Gasteiger partial charge in [0, 0.05) is 24.6 Å². The van der Waals surface area contributed by atoms with Crippen molar-refractivity contribution >= 4 is 23.4 Å². The Bertz CT molecular complexity index is 315. The third kappa shape index (κ3) is 7.03. The van der Waals surface area contributed by atoms with Gasteiger partial charge in [0.25, 0.3) is 11.8 Å². The van der Waals surface area contributed by atoms with Crippen molar-refractivity contribution in [3.05, 3.63) is 12.2 Å². The van der Waals surface area contributed by atoms with Gasteiger partial charge in [-0.1, -0.05) is 12.8 Å². The van der Waals surface area contributed by atoms with Gasteiger partial charge in [0.2, 0.25) is 0 Å². The fraction of sp³-hybridized carbons (Fsp3) is 0.714. The van der Waals surface area contributed by atoms with Crippen molar-refractivity contribution in [2.45, 2.75) is 25.7 Å². The van der Waals surface area contributed by atoms with Crippen molar-refractivity contribution in [2.75, 3.05) is 38.9 Å². The summed E-state index contributed by atoms with van der Waals surface area (Å²) in [6.07, 6.45) is 6.94. The van der Waals surface area contributed by atoms with Gasteiger partial charge in [0.05, 0.1) is 26.4 Å². The van der Waals surface area contributed by atoms with Gasteiger partial charge in [-0.3, -0.25) is 14.5 Å². The standard InChI is InChI=1S/C14H22ClNO4/c15-7-3-1-2-4-9-19-11-12-20-10-8-16-13(17)5-6-14(16)18/h5-6H,1-4,7-12H2. The lowest BCUT2D eigenvalue weighted by Gasteiger charge is -2.13. The van der Waals surface area contributed by atoms with E-state index < -0.39 is 0 Å². The summed E-state index contributed by atoms with van der Waals surface area (Å²) in [7, 11) is 0. The van der Waals surface area contributed by atoms with Crippen LogP contribution in [0.4, 0.5) is 0 Å². The molecule has 114 valence electrons. The lowest BCUT2D eigenvalue weighted by molar-refractivity contribution is -0.137. The van der Waals surface area contributed by atoms with Crippen LogP contribution in [0.25, 0.3) is 0 Å². The first-order valence-electron chi connectivity index (χ1n) is 7.00. The van der Waals surface area contributed by atoms with Crippen LogP contribution < -0.4 is 0 Å². The highest BCUT2D eigenvalue weighted by molar-refractivity contribution is 6.17. The lowest BCUT2D eigenvalue weighted by Crippen LogP contribution is -2.33. The van der Waals surface area contributed by atoms with Crippen LogP contribution in [0.2, 0.25) is 0 Å². The molecule has 0 saturated carbocycles. The van der Waals surface area contributed by atoms with E-state index in [0.717, 1.165) is 43.1 Å². The summed E-state index contributed by atoms with van der Waals surface area (Å²) < 4.78 is 10.7. The van der Waals surface area contributed by atoms with E-state index in [0.29, 0.717) is 26.4 Å². The summed E-state index contributed by atoms with van der Waals surface area (Å²) in [5, 5.41) is 0. The first-order chi connectivity index (χ1) is 9.75. The molecular formula is C14H22ClNO4. The monoisotopic (exact) mass is 303 g/mol. The zero-order valence-electron chi connectivity index (χ0n) is 11.7. The van der Waals surface area contributed by atoms with Crippen LogP contribution in [0.15, 0.2) is 12.2 Å². The largest absolute Gasteiger partial charge is 0.379 e. The molecule has 0 bridgehead atoms. The van der Waals surface area contributed by atoms with Crippen molar-refractivity contribution in [1.82, 2.24) is 4.90 Å². The van der Waals surface area contributed by atoms with Crippen LogP contribution in [0, 0.1) is 0 Å². The van der Waals surface area contributed by atoms with Crippen molar-refractivity contribution < 1.29 is 19.1 Å². The van der Waals surface area contributed by atoms with E-state index in [1.54, 1.807) is 0 Å². The Balaban J connectivity index is 1.83. The van der Waals surface area contributed by atoms with E-state index in [1.165, 1.54) is 12.2 Å². The molecule has 1 aliphatic heterocycles. The number of carbonyl (C=O) groups is 2. The molecule has 0 aromatic carbocycles. The molecule has 0 aromatic rings. The van der Waals surface area contributed by atoms with E-state index >= 15 is 0 Å². The molecule has 2 amide bonds. The molecule has 5 nitrogen and oxygen atoms in total. The average molecular weight is 304 g/mol. The number of amides is 2. The first-order valence-corrected chi connectivity index (χ1v) is 7.54. The van der Waals surface area contributed by atoms with Crippen LogP contribution >= 0.6 is 11.6 Å². The topological polar surface area (TPSA) is 55.8 Å². The highest BCUT2D eigenvalue weighted by Gasteiger charge is 2.22. The minimum atomic E-state index is -0.271. The number of hydrogen-bond donors (Lipinski definition) is 0. The molecule has 1 rings (SSSR count). The van der Waals surface area contributed by atoms with Gasteiger partial charge >= 0.3 is 0 Å². The maximum atomic E-state index is 11.2. The van der Waals surface area contributed by atoms with E-state index in [4.69, 9.17) is 21.1 Å². The molecule has 0 saturated heterocycles. The summed E-state index contributed by atoms with van der Waals surface area (Å²) in [6.45, 7) is 2.39. The minimum absolute atomic E-state index is 0.271. The van der Waals surface area contributed by atoms with Gasteiger partial charge in [-0.15, -0.1) is 11.6 Å². The average Bonchev–Trinajstić information content (AvgIpc) is 2.76. The molecule has 0 N–H and O–H groups in total. The molecule has 0 aromatic heterocycles. The summed E-state index contributed by atoms with van der Waals surface area (Å²) in [5.74, 6) is 0.185. The molecule has 1 heterocycles. The molecule has 0 aliphatic carbocycles. The number of ether oxygens (including phenoxy) is 2.